The number of amides is 7. The lowest BCUT2D eigenvalue weighted by Crippen LogP contribution is -2.59. The molecule has 7 amide bonds. The molecule has 5 N–H and O–H groups in total. The van der Waals surface area contributed by atoms with Crippen molar-refractivity contribution >= 4 is 64.8 Å². The fourth-order valence-corrected chi connectivity index (χ4v) is 7.62. The minimum atomic E-state index is -0.969. The van der Waals surface area contributed by atoms with Crippen molar-refractivity contribution in [2.24, 2.45) is 27.9 Å². The summed E-state index contributed by atoms with van der Waals surface area (Å²) in [4.78, 5) is 110. The Balaban J connectivity index is 1.66. The number of esters is 1. The monoisotopic (exact) mass is 950 g/mol. The number of Topliss-reactive ketones (excluding diaryl/α,β-unsaturated/α-hetero) is 1. The Morgan fingerprint density at radius 2 is 1.25 bits per heavy atom. The molecule has 0 aliphatic carbocycles. The number of hydrogen-bond donors (Lipinski definition) is 4. The predicted octanol–water partition coefficient (Wildman–Crippen LogP) is 6.61. The molecule has 0 saturated carbocycles. The number of nitrogens with zero attached hydrogens (tertiary/aromatic N) is 3. The molecule has 1 aliphatic heterocycles. The maximum absolute atomic E-state index is 14.1. The van der Waals surface area contributed by atoms with Gasteiger partial charge in [-0.15, -0.1) is 0 Å². The molecule has 16 nitrogen and oxygen atoms in total. The molecule has 370 valence electrons. The number of anilines is 1. The van der Waals surface area contributed by atoms with Crippen molar-refractivity contribution in [2.45, 2.75) is 133 Å². The second kappa shape index (κ2) is 26.2. The van der Waals surface area contributed by atoms with E-state index in [2.05, 4.69) is 57.5 Å². The van der Waals surface area contributed by atoms with E-state index in [0.29, 0.717) is 37.8 Å². The fourth-order valence-electron chi connectivity index (χ4n) is 6.88. The molecule has 0 bridgehead atoms. The number of carbonyl (C=O) groups excluding carboxylic acids is 8. The molecule has 1 aliphatic rings. The summed E-state index contributed by atoms with van der Waals surface area (Å²) in [7, 11) is 0. The van der Waals surface area contributed by atoms with Gasteiger partial charge in [-0.05, 0) is 87.0 Å². The number of ketones is 1. The first kappa shape index (κ1) is 55.9. The van der Waals surface area contributed by atoms with Crippen LogP contribution >= 0.6 is 11.8 Å². The maximum atomic E-state index is 14.1. The van der Waals surface area contributed by atoms with E-state index >= 15 is 0 Å². The Labute approximate surface area is 401 Å². The Bertz CT molecular complexity index is 1950. The van der Waals surface area contributed by atoms with Crippen molar-refractivity contribution in [2.75, 3.05) is 43.4 Å². The zero-order chi connectivity index (χ0) is 50.0. The summed E-state index contributed by atoms with van der Waals surface area (Å²) >= 11 is 1.23. The number of nitrogens with two attached hydrogens (primary N) is 1. The predicted molar refractivity (Wildman–Crippen MR) is 261 cm³/mol. The van der Waals surface area contributed by atoms with Gasteiger partial charge in [0.1, 0.15) is 6.61 Å². The van der Waals surface area contributed by atoms with E-state index in [0.717, 1.165) is 11.1 Å². The number of rotatable bonds is 23. The third-order valence-electron chi connectivity index (χ3n) is 11.0. The molecule has 2 aromatic carbocycles. The number of benzene rings is 2. The number of ether oxygens (including phenoxy) is 1. The molecule has 0 unspecified atom stereocenters. The third-order valence-corrected chi connectivity index (χ3v) is 12.0. The van der Waals surface area contributed by atoms with Crippen molar-refractivity contribution in [1.82, 2.24) is 25.3 Å². The Kier molecular flexibility index (Phi) is 21.8. The van der Waals surface area contributed by atoms with E-state index in [1.165, 1.54) is 16.7 Å². The lowest BCUT2D eigenvalue weighted by Gasteiger charge is -2.42. The van der Waals surface area contributed by atoms with Crippen LogP contribution in [0.2, 0.25) is 0 Å². The number of carbonyl (C=O) groups is 8. The lowest BCUT2D eigenvalue weighted by molar-refractivity contribution is -0.159. The van der Waals surface area contributed by atoms with E-state index in [4.69, 9.17) is 10.5 Å². The maximum Gasteiger partial charge on any atom is 0.312 e. The van der Waals surface area contributed by atoms with Crippen molar-refractivity contribution in [1.29, 1.82) is 0 Å². The van der Waals surface area contributed by atoms with E-state index in [9.17, 15) is 38.4 Å². The highest BCUT2D eigenvalue weighted by Gasteiger charge is 2.33. The van der Waals surface area contributed by atoms with Gasteiger partial charge in [-0.25, -0.2) is 4.79 Å². The second-order valence-corrected chi connectivity index (χ2v) is 21.9. The number of thioether (sulfide) groups is 1. The minimum Gasteiger partial charge on any atom is -0.460 e. The van der Waals surface area contributed by atoms with Crippen LogP contribution in [-0.2, 0) is 51.3 Å². The standard InChI is InChI=1S/C50H75N7O9S/c1-48(2,3)24-21-42(60)55-32-56(43(61)22-25-49(4,5)6)34-57(33-55)44(62)23-27-67-31-41(59)54-39(28-35-14-11-10-12-15-35)40(58)29-37(16-13-26-52-47(51)65)45(63)53-38-19-17-36(18-20-38)30-66-46(64)50(7,8)9/h10-12,14-15,17-20,37,39H,13,16,21-34H2,1-9H3,(H,53,63)(H,54,59)(H3,51,52,65)/t37-,39-/m1/s1. The first-order chi connectivity index (χ1) is 31.3. The molecule has 67 heavy (non-hydrogen) atoms. The van der Waals surface area contributed by atoms with Gasteiger partial charge in [-0.1, -0.05) is 84.0 Å². The van der Waals surface area contributed by atoms with Crippen LogP contribution in [0.5, 0.6) is 0 Å². The molecule has 2 aromatic rings. The van der Waals surface area contributed by atoms with Crippen LogP contribution in [0, 0.1) is 22.2 Å². The van der Waals surface area contributed by atoms with Crippen LogP contribution in [0.4, 0.5) is 10.5 Å². The molecule has 3 rings (SSSR count). The summed E-state index contributed by atoms with van der Waals surface area (Å²) in [5, 5.41) is 8.26. The van der Waals surface area contributed by atoms with Crippen molar-refractivity contribution < 1.29 is 43.1 Å². The van der Waals surface area contributed by atoms with Gasteiger partial charge < -0.3 is 41.1 Å². The van der Waals surface area contributed by atoms with Crippen molar-refractivity contribution in [3.05, 3.63) is 65.7 Å². The molecular weight excluding hydrogens is 875 g/mol. The molecule has 1 heterocycles. The third kappa shape index (κ3) is 21.8. The van der Waals surface area contributed by atoms with Crippen LogP contribution in [0.3, 0.4) is 0 Å². The highest BCUT2D eigenvalue weighted by atomic mass is 32.2. The zero-order valence-electron chi connectivity index (χ0n) is 41.2. The van der Waals surface area contributed by atoms with E-state index < -0.39 is 35.2 Å². The number of primary amides is 1. The van der Waals surface area contributed by atoms with Gasteiger partial charge in [0.25, 0.3) is 0 Å². The van der Waals surface area contributed by atoms with Gasteiger partial charge in [0.05, 0.1) is 37.2 Å². The zero-order valence-corrected chi connectivity index (χ0v) is 42.0. The highest BCUT2D eigenvalue weighted by Crippen LogP contribution is 2.25. The van der Waals surface area contributed by atoms with Crippen LogP contribution < -0.4 is 21.7 Å². The van der Waals surface area contributed by atoms with Crippen LogP contribution in [0.15, 0.2) is 54.6 Å². The number of hydrogen-bond acceptors (Lipinski definition) is 10. The summed E-state index contributed by atoms with van der Waals surface area (Å²) in [5.74, 6) is -2.63. The Morgan fingerprint density at radius 1 is 0.716 bits per heavy atom. The topological polar surface area (TPSA) is 218 Å². The summed E-state index contributed by atoms with van der Waals surface area (Å²) in [5.41, 5.74) is 6.48. The molecule has 0 spiro atoms. The number of urea groups is 1. The second-order valence-electron chi connectivity index (χ2n) is 20.8. The smallest absolute Gasteiger partial charge is 0.312 e. The van der Waals surface area contributed by atoms with Crippen LogP contribution in [-0.4, -0.2) is 106 Å². The minimum absolute atomic E-state index is 0.0468. The summed E-state index contributed by atoms with van der Waals surface area (Å²) in [6, 6.07) is 14.3. The van der Waals surface area contributed by atoms with E-state index in [1.54, 1.807) is 54.8 Å². The fraction of sp³-hybridized carbons (Fsp3) is 0.600. The highest BCUT2D eigenvalue weighted by molar-refractivity contribution is 7.99. The first-order valence-electron chi connectivity index (χ1n) is 23.2. The van der Waals surface area contributed by atoms with Crippen molar-refractivity contribution in [3.8, 4) is 0 Å². The van der Waals surface area contributed by atoms with Gasteiger partial charge in [-0.3, -0.25) is 33.6 Å². The molecular formula is C50H75N7O9S. The molecule has 0 radical (unpaired) electrons. The van der Waals surface area contributed by atoms with Gasteiger partial charge in [0.15, 0.2) is 5.78 Å². The SMILES string of the molecule is CC(C)(C)CCC(=O)N1CN(C(=O)CCSCC(=O)N[C@H](Cc2ccccc2)C(=O)C[C@@H](CCCNC(N)=O)C(=O)Nc2ccc(COC(=O)C(C)(C)C)cc2)CN(C(=O)CCC(C)(C)C)C1. The lowest BCUT2D eigenvalue weighted by atomic mass is 9.90. The average molecular weight is 950 g/mol. The van der Waals surface area contributed by atoms with E-state index in [1.807, 2.05) is 30.3 Å². The first-order valence-corrected chi connectivity index (χ1v) is 24.3. The van der Waals surface area contributed by atoms with Gasteiger partial charge in [0, 0.05) is 49.6 Å². The molecule has 1 saturated heterocycles. The van der Waals surface area contributed by atoms with E-state index in [-0.39, 0.29) is 111 Å². The van der Waals surface area contributed by atoms with Gasteiger partial charge in [-0.2, -0.15) is 11.8 Å². The summed E-state index contributed by atoms with van der Waals surface area (Å²) in [6.07, 6.45) is 2.54. The molecule has 2 atom stereocenters. The normalized spacial score (nSPS) is 14.1. The van der Waals surface area contributed by atoms with Gasteiger partial charge >= 0.3 is 12.0 Å². The Hall–Kier alpha value is -5.45. The van der Waals surface area contributed by atoms with Gasteiger partial charge in [0.2, 0.25) is 29.5 Å². The van der Waals surface area contributed by atoms with Crippen LogP contribution in [0.1, 0.15) is 125 Å². The largest absolute Gasteiger partial charge is 0.460 e. The quantitative estimate of drug-likeness (QED) is 0.0690. The van der Waals surface area contributed by atoms with Crippen molar-refractivity contribution in [3.63, 3.8) is 0 Å². The molecule has 17 heteroatoms. The Morgan fingerprint density at radius 3 is 1.76 bits per heavy atom. The summed E-state index contributed by atoms with van der Waals surface area (Å²) < 4.78 is 5.40. The molecule has 0 aromatic heterocycles. The average Bonchev–Trinajstić information content (AvgIpc) is 3.25. The van der Waals surface area contributed by atoms with Crippen LogP contribution in [0.25, 0.3) is 0 Å². The molecule has 1 fully saturated rings. The summed E-state index contributed by atoms with van der Waals surface area (Å²) in [6.45, 7) is 18.2. The number of nitrogens with one attached hydrogen (secondary N) is 3.